The second kappa shape index (κ2) is 33.1. The molecule has 0 radical (unpaired) electrons. The number of hydrogen-bond donors (Lipinski definition) is 1. The Kier molecular flexibility index (Phi) is 29.9. The molecular weight excluding hydrogens is 1400 g/mol. The second-order valence-corrected chi connectivity index (χ2v) is 82.9. The normalized spacial score (nSPS) is 25.7. The minimum absolute atomic E-state index is 0.0330. The average Bonchev–Trinajstić information content (AvgIpc) is 1.58. The Balaban J connectivity index is 0.000000270. The molecule has 0 saturated carbocycles. The molecule has 94 heavy (non-hydrogen) atoms. The molecule has 8 heterocycles. The van der Waals surface area contributed by atoms with E-state index in [1.165, 1.54) is 22.0 Å². The van der Waals surface area contributed by atoms with Crippen molar-refractivity contribution in [2.24, 2.45) is 29.4 Å². The van der Waals surface area contributed by atoms with Crippen LogP contribution in [0.25, 0.3) is 0 Å². The van der Waals surface area contributed by atoms with Crippen molar-refractivity contribution >= 4 is 137 Å². The Labute approximate surface area is 577 Å². The molecule has 1 aromatic rings. The Morgan fingerprint density at radius 1 is 0.383 bits per heavy atom. The monoisotopic (exact) mass is 1530 g/mol. The van der Waals surface area contributed by atoms with Gasteiger partial charge in [0.15, 0.2) is 49.9 Å². The van der Waals surface area contributed by atoms with E-state index in [0.29, 0.717) is 32.5 Å². The number of nitrogens with two attached hydrogens (primary N) is 1. The molecule has 2 N–H and O–H groups in total. The third kappa shape index (κ3) is 28.5. The lowest BCUT2D eigenvalue weighted by atomic mass is 9.81. The molecule has 8 unspecified atom stereocenters. The molecular formula is C60H123N3O19Si12. The van der Waals surface area contributed by atoms with Crippen LogP contribution in [-0.4, -0.2) is 191 Å². The predicted octanol–water partition coefficient (Wildman–Crippen LogP) is 12.8. The van der Waals surface area contributed by atoms with Gasteiger partial charge in [-0.2, -0.15) is 0 Å². The molecule has 0 spiro atoms. The van der Waals surface area contributed by atoms with Gasteiger partial charge in [0.05, 0.1) is 60.6 Å². The number of cyclic esters (lactones) is 2. The van der Waals surface area contributed by atoms with Crippen LogP contribution in [0.1, 0.15) is 44.9 Å². The van der Waals surface area contributed by atoms with Crippen molar-refractivity contribution in [1.82, 2.24) is 9.80 Å². The molecule has 6 fully saturated rings. The highest BCUT2D eigenvalue weighted by Gasteiger charge is 2.63. The standard InChI is InChI=1S/C20H41NO6Si4.C16H35NO5Si4.C12H35NO3Si4.C8H8O4.C4H4O/c1-28(2,3)25-30(7,8)27-31(9,26-29(4,5)6)14-10-13-21-19(22)17-15-11-12-16(24-15)18(17)20(21)23;1-23(2,3)20-25(7,8)22-26(9,21-24(4,5)6)14-10-13-17-15(18)11-12-16(17)19;1-17(2,3)14-19(7,8)16-20(9,12-10-11-13)15-18(4,5)6;9-7-5-3-1-2-4(11-3)6(5)8(10)12-7;1-2-4-5-3-1/h15-18H,10-14H2,1-9H3;11-12H,10,13-14H2,1-9H3;10-13H2,1-9H3;3-6H,1-2H2;1-4H/t15?,16?,17?,18?,31-;26-;20-;;/m111../s1. The molecule has 11 atom stereocenters. The van der Waals surface area contributed by atoms with Gasteiger partial charge in [0.25, 0.3) is 11.8 Å². The van der Waals surface area contributed by atoms with E-state index in [-0.39, 0.29) is 83.7 Å². The van der Waals surface area contributed by atoms with E-state index < -0.39 is 101 Å². The number of furan rings is 1. The van der Waals surface area contributed by atoms with Crippen molar-refractivity contribution in [3.05, 3.63) is 36.8 Å². The zero-order valence-corrected chi connectivity index (χ0v) is 74.5. The molecule has 7 aliphatic heterocycles. The molecule has 0 aromatic carbocycles. The van der Waals surface area contributed by atoms with Crippen LogP contribution >= 0.6 is 0 Å². The summed E-state index contributed by atoms with van der Waals surface area (Å²) in [5.41, 5.74) is 5.67. The third-order valence-corrected chi connectivity index (χ3v) is 55.8. The molecule has 540 valence electrons. The van der Waals surface area contributed by atoms with Gasteiger partial charge in [-0.1, -0.05) is 0 Å². The number of nitrogens with zero attached hydrogens (tertiary/aromatic N) is 2. The van der Waals surface area contributed by atoms with E-state index in [0.717, 1.165) is 50.2 Å². The van der Waals surface area contributed by atoms with Crippen molar-refractivity contribution in [3.8, 4) is 0 Å². The van der Waals surface area contributed by atoms with Crippen LogP contribution in [0, 0.1) is 23.7 Å². The molecule has 22 nitrogen and oxygen atoms in total. The van der Waals surface area contributed by atoms with Gasteiger partial charge < -0.3 is 61.4 Å². The maximum Gasteiger partial charge on any atom is 0.320 e. The van der Waals surface area contributed by atoms with E-state index in [4.69, 9.17) is 52.2 Å². The lowest BCUT2D eigenvalue weighted by Crippen LogP contribution is -2.57. The van der Waals surface area contributed by atoms with Gasteiger partial charge in [-0.3, -0.25) is 38.6 Å². The summed E-state index contributed by atoms with van der Waals surface area (Å²) in [6, 6.07) is 6.11. The summed E-state index contributed by atoms with van der Waals surface area (Å²) in [6.07, 6.45) is 11.7. The Hall–Kier alpha value is -1.44. The first-order valence-corrected chi connectivity index (χ1v) is 70.4. The minimum Gasteiger partial charge on any atom is -0.473 e. The maximum atomic E-state index is 12.9. The van der Waals surface area contributed by atoms with Crippen LogP contribution in [0.2, 0.25) is 195 Å². The number of rotatable bonds is 29. The molecule has 6 saturated heterocycles. The van der Waals surface area contributed by atoms with E-state index in [1.54, 1.807) is 12.5 Å². The number of amides is 4. The number of hydrogen-bond acceptors (Lipinski definition) is 20. The quantitative estimate of drug-likeness (QED) is 0.0338. The van der Waals surface area contributed by atoms with Crippen LogP contribution in [0.15, 0.2) is 41.2 Å². The highest BCUT2D eigenvalue weighted by Crippen LogP contribution is 2.49. The summed E-state index contributed by atoms with van der Waals surface area (Å²) in [7, 11) is -24.3. The van der Waals surface area contributed by atoms with E-state index in [2.05, 4.69) is 186 Å². The first-order chi connectivity index (χ1) is 42.5. The number of fused-ring (bicyclic) bond motifs is 10. The smallest absolute Gasteiger partial charge is 0.320 e. The highest BCUT2D eigenvalue weighted by molar-refractivity contribution is 6.91. The van der Waals surface area contributed by atoms with Crippen molar-refractivity contribution in [2.45, 2.75) is 264 Å². The molecule has 4 amide bonds. The van der Waals surface area contributed by atoms with Crippen molar-refractivity contribution in [2.75, 3.05) is 19.6 Å². The maximum absolute atomic E-state index is 12.9. The topological polar surface area (TPSA) is 259 Å². The van der Waals surface area contributed by atoms with Gasteiger partial charge in [-0.25, -0.2) is 0 Å². The van der Waals surface area contributed by atoms with Crippen LogP contribution < -0.4 is 5.73 Å². The molecule has 1 aromatic heterocycles. The Bertz CT molecular complexity index is 2640. The number of esters is 2. The van der Waals surface area contributed by atoms with Crippen LogP contribution in [0.5, 0.6) is 0 Å². The van der Waals surface area contributed by atoms with Crippen molar-refractivity contribution < 1.29 is 84.4 Å². The molecule has 34 heteroatoms. The first kappa shape index (κ1) is 85.0. The predicted molar refractivity (Wildman–Crippen MR) is 397 cm³/mol. The van der Waals surface area contributed by atoms with Gasteiger partial charge >= 0.3 is 63.3 Å². The minimum atomic E-state index is -2.53. The van der Waals surface area contributed by atoms with Gasteiger partial charge in [-0.15, -0.1) is 0 Å². The van der Waals surface area contributed by atoms with Crippen molar-refractivity contribution in [1.29, 1.82) is 0 Å². The lowest BCUT2D eigenvalue weighted by molar-refractivity contribution is -0.157. The van der Waals surface area contributed by atoms with Crippen LogP contribution in [0.3, 0.4) is 0 Å². The first-order valence-electron chi connectivity index (χ1n) is 33.9. The summed E-state index contributed by atoms with van der Waals surface area (Å²) in [6.45, 7) is 60.0. The van der Waals surface area contributed by atoms with E-state index >= 15 is 0 Å². The molecule has 4 bridgehead atoms. The lowest BCUT2D eigenvalue weighted by Gasteiger charge is -2.41. The number of carbonyl (C=O) groups is 6. The largest absolute Gasteiger partial charge is 0.473 e. The summed E-state index contributed by atoms with van der Waals surface area (Å²) in [5, 5.41) is 0. The second-order valence-electron chi connectivity index (χ2n) is 33.5. The molecule has 0 aliphatic carbocycles. The van der Waals surface area contributed by atoms with Crippen molar-refractivity contribution in [3.63, 3.8) is 0 Å². The van der Waals surface area contributed by atoms with Gasteiger partial charge in [0, 0.05) is 25.2 Å². The van der Waals surface area contributed by atoms with Gasteiger partial charge in [0.1, 0.15) is 0 Å². The fraction of sp³-hybridized carbons (Fsp3) is 0.800. The zero-order chi connectivity index (χ0) is 71.9. The summed E-state index contributed by atoms with van der Waals surface area (Å²) < 4.78 is 78.9. The molecule has 7 aliphatic rings. The summed E-state index contributed by atoms with van der Waals surface area (Å²) >= 11 is 0. The summed E-state index contributed by atoms with van der Waals surface area (Å²) in [5.74, 6) is -2.35. The Morgan fingerprint density at radius 3 is 0.926 bits per heavy atom. The fourth-order valence-electron chi connectivity index (χ4n) is 14.1. The number of ether oxygens (including phenoxy) is 3. The average molecular weight is 1530 g/mol. The Morgan fingerprint density at radius 2 is 0.660 bits per heavy atom. The number of likely N-dealkylation sites (tertiary alicyclic amines) is 1. The number of imide groups is 2. The highest BCUT2D eigenvalue weighted by atomic mass is 28.5. The third-order valence-electron chi connectivity index (χ3n) is 15.2. The number of carbonyl (C=O) groups excluding carboxylic acids is 6. The van der Waals surface area contributed by atoms with Crippen LogP contribution in [-0.2, 0) is 80.0 Å². The zero-order valence-electron chi connectivity index (χ0n) is 62.5. The van der Waals surface area contributed by atoms with E-state index in [1.807, 2.05) is 12.1 Å². The van der Waals surface area contributed by atoms with Gasteiger partial charge in [-0.05, 0) is 259 Å². The van der Waals surface area contributed by atoms with Gasteiger partial charge in [0.2, 0.25) is 11.8 Å². The SMILES string of the molecule is C[Si](C)(C)O[Si](C)(C)O[Si@](C)(CCCN)O[Si](C)(C)C.C[Si](C)(C)O[Si](C)(C)O[Si@](C)(CCCN1C(=O)C2C3CCC(O3)C2C1=O)O[Si](C)(C)C.C[Si](C)(C)O[Si](C)(C)O[Si@](C)(CCCN1C(=O)C=CC1=O)O[Si](C)(C)C.O=C1OC(=O)C2C3CCC(O3)C12.c1ccoc1. The summed E-state index contributed by atoms with van der Waals surface area (Å²) in [4.78, 5) is 74.3. The van der Waals surface area contributed by atoms with E-state index in [9.17, 15) is 28.8 Å². The molecule has 8 rings (SSSR count). The van der Waals surface area contributed by atoms with Crippen LogP contribution in [0.4, 0.5) is 0 Å². The fourth-order valence-corrected chi connectivity index (χ4v) is 67.9.